The van der Waals surface area contributed by atoms with Crippen LogP contribution >= 0.6 is 11.3 Å². The molecule has 1 N–H and O–H groups in total. The Morgan fingerprint density at radius 3 is 3.08 bits per heavy atom. The van der Waals surface area contributed by atoms with Gasteiger partial charge in [-0.25, -0.2) is 4.98 Å². The predicted octanol–water partition coefficient (Wildman–Crippen LogP) is 3.27. The summed E-state index contributed by atoms with van der Waals surface area (Å²) >= 11 is 1.63. The summed E-state index contributed by atoms with van der Waals surface area (Å²) in [5, 5.41) is 7.92. The second kappa shape index (κ2) is 6.67. The van der Waals surface area contributed by atoms with E-state index in [0.29, 0.717) is 12.2 Å². The third-order valence-corrected chi connectivity index (χ3v) is 4.86. The Bertz CT molecular complexity index is 858. The minimum atomic E-state index is -0.166. The van der Waals surface area contributed by atoms with E-state index >= 15 is 0 Å². The number of nitrogens with zero attached hydrogens (tertiary/aromatic N) is 2. The number of aromatic nitrogens is 2. The van der Waals surface area contributed by atoms with E-state index < -0.39 is 0 Å². The molecule has 1 aliphatic rings. The molecule has 1 fully saturated rings. The molecule has 0 aromatic carbocycles. The quantitative estimate of drug-likeness (QED) is 0.792. The van der Waals surface area contributed by atoms with Crippen molar-refractivity contribution in [3.8, 4) is 11.1 Å². The summed E-state index contributed by atoms with van der Waals surface area (Å²) in [6.45, 7) is 1.32. The van der Waals surface area contributed by atoms with Crippen molar-refractivity contribution in [1.29, 1.82) is 0 Å². The van der Waals surface area contributed by atoms with Crippen LogP contribution in [0, 0.1) is 0 Å². The Balaban J connectivity index is 1.62. The Hall–Kier alpha value is -2.31. The van der Waals surface area contributed by atoms with Crippen molar-refractivity contribution in [2.75, 3.05) is 13.2 Å². The maximum absolute atomic E-state index is 12.4. The van der Waals surface area contributed by atoms with Crippen molar-refractivity contribution in [2.24, 2.45) is 0 Å². The minimum Gasteiger partial charge on any atom is -0.376 e. The SMILES string of the molecule is O=C(NCC1CCCO1)c1ccc2cncc(-c3ccsc3)c2n1. The van der Waals surface area contributed by atoms with Gasteiger partial charge >= 0.3 is 0 Å². The number of pyridine rings is 2. The highest BCUT2D eigenvalue weighted by atomic mass is 32.1. The topological polar surface area (TPSA) is 64.1 Å². The standard InChI is InChI=1S/C18H17N3O2S/c22-18(20-9-14-2-1-6-23-14)16-4-3-12-8-19-10-15(17(12)21-16)13-5-7-24-11-13/h3-5,7-8,10-11,14H,1-2,6,9H2,(H,20,22). The average molecular weight is 339 g/mol. The molecule has 0 saturated carbocycles. The first-order chi connectivity index (χ1) is 11.8. The number of carbonyl (C=O) groups excluding carboxylic acids is 1. The molecule has 0 aliphatic carbocycles. The third kappa shape index (κ3) is 3.02. The van der Waals surface area contributed by atoms with Gasteiger partial charge in [-0.05, 0) is 47.4 Å². The Kier molecular flexibility index (Phi) is 4.23. The molecular weight excluding hydrogens is 322 g/mol. The highest BCUT2D eigenvalue weighted by Crippen LogP contribution is 2.28. The van der Waals surface area contributed by atoms with Gasteiger partial charge in [0.15, 0.2) is 0 Å². The number of fused-ring (bicyclic) bond motifs is 1. The highest BCUT2D eigenvalue weighted by Gasteiger charge is 2.17. The number of ether oxygens (including phenoxy) is 1. The summed E-state index contributed by atoms with van der Waals surface area (Å²) < 4.78 is 5.54. The van der Waals surface area contributed by atoms with Crippen LogP contribution in [0.5, 0.6) is 0 Å². The van der Waals surface area contributed by atoms with E-state index in [1.165, 1.54) is 0 Å². The van der Waals surface area contributed by atoms with E-state index in [4.69, 9.17) is 4.74 Å². The molecule has 4 heterocycles. The fourth-order valence-corrected chi connectivity index (χ4v) is 3.56. The first-order valence-electron chi connectivity index (χ1n) is 7.98. The zero-order chi connectivity index (χ0) is 16.4. The van der Waals surface area contributed by atoms with Gasteiger partial charge in [0.1, 0.15) is 5.69 Å². The molecule has 122 valence electrons. The number of nitrogens with one attached hydrogen (secondary N) is 1. The van der Waals surface area contributed by atoms with Gasteiger partial charge in [0.05, 0.1) is 11.6 Å². The molecule has 0 spiro atoms. The lowest BCUT2D eigenvalue weighted by Gasteiger charge is -2.11. The molecule has 1 amide bonds. The summed E-state index contributed by atoms with van der Waals surface area (Å²) in [7, 11) is 0. The van der Waals surface area contributed by atoms with Crippen LogP contribution in [0.15, 0.2) is 41.4 Å². The fraction of sp³-hybridized carbons (Fsp3) is 0.278. The number of hydrogen-bond donors (Lipinski definition) is 1. The van der Waals surface area contributed by atoms with E-state index in [9.17, 15) is 4.79 Å². The number of carbonyl (C=O) groups is 1. The van der Waals surface area contributed by atoms with Crippen LogP contribution in [0.1, 0.15) is 23.3 Å². The van der Waals surface area contributed by atoms with Crippen LogP contribution < -0.4 is 5.32 Å². The van der Waals surface area contributed by atoms with Crippen LogP contribution in [-0.2, 0) is 4.74 Å². The fourth-order valence-electron chi connectivity index (χ4n) is 2.90. The van der Waals surface area contributed by atoms with Gasteiger partial charge < -0.3 is 10.1 Å². The Labute approximate surface area is 143 Å². The second-order valence-corrected chi connectivity index (χ2v) is 6.59. The van der Waals surface area contributed by atoms with Crippen molar-refractivity contribution < 1.29 is 9.53 Å². The molecule has 3 aromatic heterocycles. The molecule has 1 unspecified atom stereocenters. The largest absolute Gasteiger partial charge is 0.376 e. The summed E-state index contributed by atoms with van der Waals surface area (Å²) in [6.07, 6.45) is 5.75. The summed E-state index contributed by atoms with van der Waals surface area (Å²) in [4.78, 5) is 21.3. The zero-order valence-electron chi connectivity index (χ0n) is 13.1. The average Bonchev–Trinajstić information content (AvgIpc) is 3.32. The molecule has 3 aromatic rings. The van der Waals surface area contributed by atoms with Crippen LogP contribution in [0.2, 0.25) is 0 Å². The van der Waals surface area contributed by atoms with Gasteiger partial charge in [-0.15, -0.1) is 0 Å². The lowest BCUT2D eigenvalue weighted by molar-refractivity contribution is 0.0854. The molecule has 24 heavy (non-hydrogen) atoms. The van der Waals surface area contributed by atoms with E-state index in [1.807, 2.05) is 17.5 Å². The van der Waals surface area contributed by atoms with Gasteiger partial charge in [0.25, 0.3) is 5.91 Å². The van der Waals surface area contributed by atoms with Crippen LogP contribution in [0.25, 0.3) is 22.0 Å². The first-order valence-corrected chi connectivity index (χ1v) is 8.93. The normalized spacial score (nSPS) is 17.2. The van der Waals surface area contributed by atoms with Crippen molar-refractivity contribution >= 4 is 28.1 Å². The molecule has 0 bridgehead atoms. The highest BCUT2D eigenvalue weighted by molar-refractivity contribution is 7.08. The van der Waals surface area contributed by atoms with Crippen molar-refractivity contribution in [3.63, 3.8) is 0 Å². The number of hydrogen-bond acceptors (Lipinski definition) is 5. The number of rotatable bonds is 4. The minimum absolute atomic E-state index is 0.125. The molecule has 1 atom stereocenters. The lowest BCUT2D eigenvalue weighted by atomic mass is 10.1. The molecule has 5 nitrogen and oxygen atoms in total. The first kappa shape index (κ1) is 15.2. The predicted molar refractivity (Wildman–Crippen MR) is 94.2 cm³/mol. The summed E-state index contributed by atoms with van der Waals surface area (Å²) in [5.41, 5.74) is 3.24. The van der Waals surface area contributed by atoms with Gasteiger partial charge in [-0.1, -0.05) is 0 Å². The maximum atomic E-state index is 12.4. The van der Waals surface area contributed by atoms with Crippen molar-refractivity contribution in [3.05, 3.63) is 47.0 Å². The Morgan fingerprint density at radius 1 is 1.33 bits per heavy atom. The van der Waals surface area contributed by atoms with Crippen molar-refractivity contribution in [2.45, 2.75) is 18.9 Å². The smallest absolute Gasteiger partial charge is 0.269 e. The monoisotopic (exact) mass is 339 g/mol. The third-order valence-electron chi connectivity index (χ3n) is 4.18. The van der Waals surface area contributed by atoms with Crippen molar-refractivity contribution in [1.82, 2.24) is 15.3 Å². The Morgan fingerprint density at radius 2 is 2.29 bits per heavy atom. The molecule has 1 aliphatic heterocycles. The number of thiophene rings is 1. The van der Waals surface area contributed by atoms with Crippen LogP contribution in [0.3, 0.4) is 0 Å². The van der Waals surface area contributed by atoms with E-state index in [1.54, 1.807) is 29.8 Å². The molecule has 1 saturated heterocycles. The van der Waals surface area contributed by atoms with Gasteiger partial charge in [0.2, 0.25) is 0 Å². The maximum Gasteiger partial charge on any atom is 0.269 e. The van der Waals surface area contributed by atoms with Crippen LogP contribution in [0.4, 0.5) is 0 Å². The summed E-state index contributed by atoms with van der Waals surface area (Å²) in [6, 6.07) is 5.67. The second-order valence-electron chi connectivity index (χ2n) is 5.81. The van der Waals surface area contributed by atoms with Crippen LogP contribution in [-0.4, -0.2) is 35.1 Å². The number of amides is 1. The zero-order valence-corrected chi connectivity index (χ0v) is 13.9. The van der Waals surface area contributed by atoms with Gasteiger partial charge in [0, 0.05) is 36.5 Å². The van der Waals surface area contributed by atoms with E-state index in [0.717, 1.165) is 41.5 Å². The molecule has 4 rings (SSSR count). The van der Waals surface area contributed by atoms with E-state index in [-0.39, 0.29) is 12.0 Å². The molecular formula is C18H17N3O2S. The van der Waals surface area contributed by atoms with Gasteiger partial charge in [-0.3, -0.25) is 9.78 Å². The molecule has 6 heteroatoms. The lowest BCUT2D eigenvalue weighted by Crippen LogP contribution is -2.32. The molecule has 0 radical (unpaired) electrons. The summed E-state index contributed by atoms with van der Waals surface area (Å²) in [5.74, 6) is -0.166. The van der Waals surface area contributed by atoms with E-state index in [2.05, 4.69) is 20.7 Å². The van der Waals surface area contributed by atoms with Gasteiger partial charge in [-0.2, -0.15) is 11.3 Å².